The lowest BCUT2D eigenvalue weighted by Gasteiger charge is -2.14. The lowest BCUT2D eigenvalue weighted by Crippen LogP contribution is -2.27. The number of aromatic carboxylic acids is 1. The number of amides is 1. The molecule has 21 heavy (non-hydrogen) atoms. The van der Waals surface area contributed by atoms with Crippen molar-refractivity contribution in [3.8, 4) is 5.75 Å². The number of nitrogens with two attached hydrogens (primary N) is 1. The molecule has 0 aliphatic carbocycles. The van der Waals surface area contributed by atoms with E-state index in [1.54, 1.807) is 12.1 Å². The maximum Gasteiger partial charge on any atom is 0.335 e. The maximum atomic E-state index is 12.1. The van der Waals surface area contributed by atoms with Gasteiger partial charge in [0.15, 0.2) is 0 Å². The van der Waals surface area contributed by atoms with Crippen LogP contribution < -0.4 is 15.8 Å². The number of hydrogen-bond acceptors (Lipinski definition) is 5. The molecule has 0 saturated heterocycles. The van der Waals surface area contributed by atoms with Gasteiger partial charge in [0.2, 0.25) is 5.91 Å². The zero-order valence-electron chi connectivity index (χ0n) is 11.2. The highest BCUT2D eigenvalue weighted by atomic mass is 32.1. The molecule has 1 amide bonds. The van der Waals surface area contributed by atoms with Gasteiger partial charge in [-0.1, -0.05) is 6.07 Å². The topological polar surface area (TPSA) is 102 Å². The van der Waals surface area contributed by atoms with Gasteiger partial charge in [0.1, 0.15) is 11.8 Å². The Balaban J connectivity index is 2.23. The summed E-state index contributed by atoms with van der Waals surface area (Å²) < 4.78 is 5.11. The van der Waals surface area contributed by atoms with Gasteiger partial charge >= 0.3 is 5.97 Å². The fraction of sp³-hybridized carbons (Fsp3) is 0.143. The Morgan fingerprint density at radius 2 is 2.14 bits per heavy atom. The Bertz CT molecular complexity index is 655. The van der Waals surface area contributed by atoms with Gasteiger partial charge in [0.25, 0.3) is 0 Å². The van der Waals surface area contributed by atoms with Crippen molar-refractivity contribution in [2.75, 3.05) is 12.4 Å². The van der Waals surface area contributed by atoms with Crippen LogP contribution in [0.25, 0.3) is 0 Å². The molecule has 6 nitrogen and oxygen atoms in total. The average Bonchev–Trinajstić information content (AvgIpc) is 3.00. The van der Waals surface area contributed by atoms with E-state index in [2.05, 4.69) is 5.32 Å². The second-order valence-electron chi connectivity index (χ2n) is 4.20. The highest BCUT2D eigenvalue weighted by Crippen LogP contribution is 2.27. The molecule has 0 fully saturated rings. The van der Waals surface area contributed by atoms with Crippen molar-refractivity contribution in [3.05, 3.63) is 46.2 Å². The highest BCUT2D eigenvalue weighted by Gasteiger charge is 2.19. The largest absolute Gasteiger partial charge is 0.495 e. The first-order valence-electron chi connectivity index (χ1n) is 6.04. The van der Waals surface area contributed by atoms with Crippen molar-refractivity contribution < 1.29 is 19.4 Å². The standard InChI is InChI=1S/C14H14N2O4S/c1-20-10-5-4-8(14(18)19)7-9(10)16-13(17)12(15)11-3-2-6-21-11/h2-7,12H,15H2,1H3,(H,16,17)(H,18,19). The van der Waals surface area contributed by atoms with Gasteiger partial charge in [-0.25, -0.2) is 4.79 Å². The Morgan fingerprint density at radius 3 is 2.71 bits per heavy atom. The van der Waals surface area contributed by atoms with Gasteiger partial charge in [-0.3, -0.25) is 4.79 Å². The molecule has 7 heteroatoms. The summed E-state index contributed by atoms with van der Waals surface area (Å²) in [5, 5.41) is 13.4. The predicted molar refractivity (Wildman–Crippen MR) is 79.8 cm³/mol. The minimum Gasteiger partial charge on any atom is -0.495 e. The van der Waals surface area contributed by atoms with Crippen LogP contribution in [0.2, 0.25) is 0 Å². The molecule has 110 valence electrons. The molecular formula is C14H14N2O4S. The van der Waals surface area contributed by atoms with Crippen LogP contribution in [0, 0.1) is 0 Å². The van der Waals surface area contributed by atoms with Crippen LogP contribution in [0.15, 0.2) is 35.7 Å². The summed E-state index contributed by atoms with van der Waals surface area (Å²) in [6, 6.07) is 6.97. The summed E-state index contributed by atoms with van der Waals surface area (Å²) in [4.78, 5) is 23.8. The van der Waals surface area contributed by atoms with Gasteiger partial charge in [-0.15, -0.1) is 11.3 Å². The van der Waals surface area contributed by atoms with E-state index in [1.807, 2.05) is 5.38 Å². The number of methoxy groups -OCH3 is 1. The van der Waals surface area contributed by atoms with Crippen LogP contribution in [0.1, 0.15) is 21.3 Å². The van der Waals surface area contributed by atoms with Crippen LogP contribution in [-0.4, -0.2) is 24.1 Å². The van der Waals surface area contributed by atoms with E-state index in [4.69, 9.17) is 15.6 Å². The molecule has 0 aliphatic rings. The number of nitrogens with one attached hydrogen (secondary N) is 1. The van der Waals surface area contributed by atoms with E-state index < -0.39 is 17.9 Å². The zero-order chi connectivity index (χ0) is 15.4. The normalized spacial score (nSPS) is 11.7. The first-order chi connectivity index (χ1) is 10.0. The van der Waals surface area contributed by atoms with E-state index in [1.165, 1.54) is 36.6 Å². The molecule has 0 radical (unpaired) electrons. The van der Waals surface area contributed by atoms with Crippen LogP contribution in [-0.2, 0) is 4.79 Å². The van der Waals surface area contributed by atoms with Crippen LogP contribution in [0.4, 0.5) is 5.69 Å². The number of carbonyl (C=O) groups is 2. The summed E-state index contributed by atoms with van der Waals surface area (Å²) in [5.41, 5.74) is 6.19. The molecular weight excluding hydrogens is 292 g/mol. The second-order valence-corrected chi connectivity index (χ2v) is 5.18. The lowest BCUT2D eigenvalue weighted by molar-refractivity contribution is -0.117. The molecule has 2 aromatic rings. The fourth-order valence-electron chi connectivity index (χ4n) is 1.75. The number of carboxylic acids is 1. The molecule has 1 aromatic heterocycles. The third-order valence-electron chi connectivity index (χ3n) is 2.84. The van der Waals surface area contributed by atoms with E-state index >= 15 is 0 Å². The van der Waals surface area contributed by atoms with Crippen molar-refractivity contribution in [1.82, 2.24) is 0 Å². The summed E-state index contributed by atoms with van der Waals surface area (Å²) >= 11 is 1.38. The summed E-state index contributed by atoms with van der Waals surface area (Å²) in [6.07, 6.45) is 0. The minimum atomic E-state index is -1.09. The molecule has 4 N–H and O–H groups in total. The van der Waals surface area contributed by atoms with Gasteiger partial charge in [-0.2, -0.15) is 0 Å². The molecule has 0 spiro atoms. The lowest BCUT2D eigenvalue weighted by atomic mass is 10.1. The average molecular weight is 306 g/mol. The Kier molecular flexibility index (Phi) is 4.56. The van der Waals surface area contributed by atoms with Gasteiger partial charge in [-0.05, 0) is 29.6 Å². The number of ether oxygens (including phenoxy) is 1. The zero-order valence-corrected chi connectivity index (χ0v) is 12.0. The number of benzene rings is 1. The van der Waals surface area contributed by atoms with Crippen LogP contribution in [0.5, 0.6) is 5.75 Å². The molecule has 1 heterocycles. The molecule has 1 unspecified atom stereocenters. The van der Waals surface area contributed by atoms with E-state index in [0.29, 0.717) is 5.75 Å². The van der Waals surface area contributed by atoms with Crippen molar-refractivity contribution in [3.63, 3.8) is 0 Å². The quantitative estimate of drug-likeness (QED) is 0.785. The van der Waals surface area contributed by atoms with E-state index in [9.17, 15) is 9.59 Å². The number of carboxylic acid groups (broad SMARTS) is 1. The highest BCUT2D eigenvalue weighted by molar-refractivity contribution is 7.10. The summed E-state index contributed by atoms with van der Waals surface area (Å²) in [6.45, 7) is 0. The van der Waals surface area contributed by atoms with E-state index in [-0.39, 0.29) is 11.3 Å². The Labute approximate surface area is 125 Å². The van der Waals surface area contributed by atoms with Crippen molar-refractivity contribution in [2.45, 2.75) is 6.04 Å². The Hall–Kier alpha value is -2.38. The van der Waals surface area contributed by atoms with Crippen molar-refractivity contribution in [2.24, 2.45) is 5.73 Å². The second kappa shape index (κ2) is 6.38. The molecule has 1 aromatic carbocycles. The number of carbonyl (C=O) groups excluding carboxylic acids is 1. The van der Waals surface area contributed by atoms with Crippen LogP contribution in [0.3, 0.4) is 0 Å². The predicted octanol–water partition coefficient (Wildman–Crippen LogP) is 2.09. The molecule has 0 bridgehead atoms. The number of thiophene rings is 1. The van der Waals surface area contributed by atoms with Crippen LogP contribution >= 0.6 is 11.3 Å². The summed E-state index contributed by atoms with van der Waals surface area (Å²) in [7, 11) is 1.44. The Morgan fingerprint density at radius 1 is 1.38 bits per heavy atom. The smallest absolute Gasteiger partial charge is 0.335 e. The fourth-order valence-corrected chi connectivity index (χ4v) is 2.47. The van der Waals surface area contributed by atoms with Gasteiger partial charge < -0.3 is 20.9 Å². The molecule has 2 rings (SSSR count). The first kappa shape index (κ1) is 15.0. The SMILES string of the molecule is COc1ccc(C(=O)O)cc1NC(=O)C(N)c1cccs1. The number of rotatable bonds is 5. The monoisotopic (exact) mass is 306 g/mol. The van der Waals surface area contributed by atoms with Gasteiger partial charge in [0.05, 0.1) is 18.4 Å². The number of hydrogen-bond donors (Lipinski definition) is 3. The molecule has 0 aliphatic heterocycles. The maximum absolute atomic E-state index is 12.1. The van der Waals surface area contributed by atoms with Gasteiger partial charge in [0, 0.05) is 4.88 Å². The van der Waals surface area contributed by atoms with E-state index in [0.717, 1.165) is 4.88 Å². The first-order valence-corrected chi connectivity index (χ1v) is 6.92. The molecule has 1 atom stereocenters. The molecule has 0 saturated carbocycles. The third kappa shape index (κ3) is 3.39. The van der Waals surface area contributed by atoms with Crippen molar-refractivity contribution >= 4 is 28.9 Å². The third-order valence-corrected chi connectivity index (χ3v) is 3.79. The van der Waals surface area contributed by atoms with Crippen molar-refractivity contribution in [1.29, 1.82) is 0 Å². The number of anilines is 1. The summed E-state index contributed by atoms with van der Waals surface area (Å²) in [5.74, 6) is -1.15. The minimum absolute atomic E-state index is 0.0517.